The summed E-state index contributed by atoms with van der Waals surface area (Å²) in [6.07, 6.45) is 0. The highest BCUT2D eigenvalue weighted by Gasteiger charge is 2.09. The van der Waals surface area contributed by atoms with Crippen molar-refractivity contribution < 1.29 is 0 Å². The van der Waals surface area contributed by atoms with Gasteiger partial charge in [0.1, 0.15) is 5.82 Å². The van der Waals surface area contributed by atoms with Gasteiger partial charge >= 0.3 is 0 Å². The summed E-state index contributed by atoms with van der Waals surface area (Å²) in [4.78, 5) is 11.4. The van der Waals surface area contributed by atoms with Crippen LogP contribution >= 0.6 is 11.6 Å². The average Bonchev–Trinajstić information content (AvgIpc) is 2.44. The molecule has 0 aliphatic heterocycles. The van der Waals surface area contributed by atoms with Gasteiger partial charge in [0.05, 0.1) is 12.2 Å². The first-order valence-corrected chi connectivity index (χ1v) is 7.37. The Kier molecular flexibility index (Phi) is 4.96. The fraction of sp³-hybridized carbons (Fsp3) is 0.375. The minimum atomic E-state index is 0.505. The Bertz CT molecular complexity index is 584. The van der Waals surface area contributed by atoms with Crippen LogP contribution in [-0.4, -0.2) is 16.5 Å². The molecule has 4 heteroatoms. The number of aryl methyl sites for hydroxylation is 2. The molecule has 0 fully saturated rings. The molecule has 0 aliphatic rings. The first kappa shape index (κ1) is 14.8. The lowest BCUT2D eigenvalue weighted by Gasteiger charge is -2.22. The normalized spacial score (nSPS) is 10.6. The van der Waals surface area contributed by atoms with E-state index in [4.69, 9.17) is 11.6 Å². The van der Waals surface area contributed by atoms with Gasteiger partial charge in [-0.25, -0.2) is 4.98 Å². The van der Waals surface area contributed by atoms with E-state index in [1.165, 1.54) is 0 Å². The molecule has 2 aromatic rings. The van der Waals surface area contributed by atoms with E-state index in [1.54, 1.807) is 0 Å². The number of hydrogen-bond donors (Lipinski definition) is 0. The van der Waals surface area contributed by atoms with E-state index in [-0.39, 0.29) is 0 Å². The smallest absolute Gasteiger partial charge is 0.129 e. The molecule has 0 bridgehead atoms. The molecule has 0 saturated carbocycles. The highest BCUT2D eigenvalue weighted by molar-refractivity contribution is 6.17. The molecule has 2 rings (SSSR count). The summed E-state index contributed by atoms with van der Waals surface area (Å²) in [6, 6.07) is 10.2. The second-order valence-corrected chi connectivity index (χ2v) is 5.10. The van der Waals surface area contributed by atoms with Gasteiger partial charge in [0.25, 0.3) is 0 Å². The van der Waals surface area contributed by atoms with Crippen molar-refractivity contribution in [2.75, 3.05) is 11.4 Å². The van der Waals surface area contributed by atoms with Gasteiger partial charge in [-0.15, -0.1) is 11.6 Å². The number of rotatable bonds is 5. The van der Waals surface area contributed by atoms with Crippen LogP contribution in [0.5, 0.6) is 0 Å². The van der Waals surface area contributed by atoms with E-state index < -0.39 is 0 Å². The number of alkyl halides is 1. The fourth-order valence-electron chi connectivity index (χ4n) is 2.13. The highest BCUT2D eigenvalue weighted by atomic mass is 35.5. The minimum Gasteiger partial charge on any atom is -0.351 e. The Balaban J connectivity index is 2.22. The lowest BCUT2D eigenvalue weighted by Crippen LogP contribution is -2.24. The molecule has 0 aromatic carbocycles. The summed E-state index contributed by atoms with van der Waals surface area (Å²) >= 11 is 5.88. The third-order valence-electron chi connectivity index (χ3n) is 3.33. The van der Waals surface area contributed by atoms with Crippen LogP contribution in [0, 0.1) is 13.8 Å². The van der Waals surface area contributed by atoms with E-state index in [1.807, 2.05) is 32.0 Å². The Morgan fingerprint density at radius 2 is 1.90 bits per heavy atom. The molecule has 2 heterocycles. The Labute approximate surface area is 125 Å². The van der Waals surface area contributed by atoms with Gasteiger partial charge < -0.3 is 4.90 Å². The number of aromatic nitrogens is 2. The maximum absolute atomic E-state index is 5.88. The van der Waals surface area contributed by atoms with E-state index in [0.717, 1.165) is 41.6 Å². The first-order valence-electron chi connectivity index (χ1n) is 6.84. The van der Waals surface area contributed by atoms with Crippen molar-refractivity contribution in [3.05, 3.63) is 53.0 Å². The molecule has 2 aromatic heterocycles. The van der Waals surface area contributed by atoms with Crippen molar-refractivity contribution in [1.82, 2.24) is 9.97 Å². The predicted molar refractivity (Wildman–Crippen MR) is 84.2 cm³/mol. The molecule has 0 saturated heterocycles. The zero-order chi connectivity index (χ0) is 14.5. The van der Waals surface area contributed by atoms with Gasteiger partial charge in [-0.3, -0.25) is 4.98 Å². The Hall–Kier alpha value is -1.61. The van der Waals surface area contributed by atoms with Crippen molar-refractivity contribution >= 4 is 17.4 Å². The monoisotopic (exact) mass is 289 g/mol. The minimum absolute atomic E-state index is 0.505. The van der Waals surface area contributed by atoms with Gasteiger partial charge in [-0.05, 0) is 44.5 Å². The second kappa shape index (κ2) is 6.71. The predicted octanol–water partition coefficient (Wildman–Crippen LogP) is 3.86. The maximum atomic E-state index is 5.88. The first-order chi connectivity index (χ1) is 9.63. The summed E-state index contributed by atoms with van der Waals surface area (Å²) in [5, 5.41) is 0. The Morgan fingerprint density at radius 1 is 1.10 bits per heavy atom. The van der Waals surface area contributed by atoms with Crippen LogP contribution in [0.1, 0.15) is 29.6 Å². The third kappa shape index (κ3) is 3.48. The number of halogens is 1. The van der Waals surface area contributed by atoms with E-state index in [0.29, 0.717) is 5.88 Å². The van der Waals surface area contributed by atoms with Crippen LogP contribution in [0.4, 0.5) is 5.82 Å². The van der Waals surface area contributed by atoms with Crippen LogP contribution in [0.25, 0.3) is 0 Å². The molecular formula is C16H20ClN3. The molecule has 0 amide bonds. The molecule has 20 heavy (non-hydrogen) atoms. The molecule has 0 radical (unpaired) electrons. The van der Waals surface area contributed by atoms with E-state index in [9.17, 15) is 0 Å². The van der Waals surface area contributed by atoms with E-state index in [2.05, 4.69) is 33.9 Å². The van der Waals surface area contributed by atoms with Crippen LogP contribution in [0.15, 0.2) is 30.3 Å². The fourth-order valence-corrected chi connectivity index (χ4v) is 2.41. The van der Waals surface area contributed by atoms with Gasteiger partial charge in [0.15, 0.2) is 0 Å². The molecule has 0 aliphatic carbocycles. The molecule has 0 atom stereocenters. The molecular weight excluding hydrogens is 270 g/mol. The van der Waals surface area contributed by atoms with Gasteiger partial charge in [0.2, 0.25) is 0 Å². The molecule has 0 spiro atoms. The van der Waals surface area contributed by atoms with Crippen molar-refractivity contribution in [2.45, 2.75) is 33.2 Å². The number of hydrogen-bond acceptors (Lipinski definition) is 3. The summed E-state index contributed by atoms with van der Waals surface area (Å²) in [6.45, 7) is 7.80. The van der Waals surface area contributed by atoms with Crippen molar-refractivity contribution in [2.24, 2.45) is 0 Å². The summed E-state index contributed by atoms with van der Waals surface area (Å²) in [5.41, 5.74) is 4.18. The third-order valence-corrected chi connectivity index (χ3v) is 3.62. The van der Waals surface area contributed by atoms with Gasteiger partial charge in [-0.2, -0.15) is 0 Å². The van der Waals surface area contributed by atoms with Gasteiger partial charge in [0, 0.05) is 23.8 Å². The Morgan fingerprint density at radius 3 is 2.50 bits per heavy atom. The van der Waals surface area contributed by atoms with Crippen molar-refractivity contribution in [3.8, 4) is 0 Å². The number of nitrogens with zero attached hydrogens (tertiary/aromatic N) is 3. The standard InChI is InChI=1S/C16H20ClN3/c1-4-20(11-15-7-5-6-12(2)18-15)16-9-8-14(10-17)13(3)19-16/h5-9H,4,10-11H2,1-3H3. The highest BCUT2D eigenvalue weighted by Crippen LogP contribution is 2.18. The summed E-state index contributed by atoms with van der Waals surface area (Å²) in [7, 11) is 0. The number of anilines is 1. The number of pyridine rings is 2. The average molecular weight is 290 g/mol. The lowest BCUT2D eigenvalue weighted by atomic mass is 10.2. The SMILES string of the molecule is CCN(Cc1cccc(C)n1)c1ccc(CCl)c(C)n1. The molecule has 3 nitrogen and oxygen atoms in total. The zero-order valence-electron chi connectivity index (χ0n) is 12.2. The molecule has 0 N–H and O–H groups in total. The van der Waals surface area contributed by atoms with Crippen molar-refractivity contribution in [1.29, 1.82) is 0 Å². The second-order valence-electron chi connectivity index (χ2n) is 4.83. The molecule has 106 valence electrons. The zero-order valence-corrected chi connectivity index (χ0v) is 13.0. The van der Waals surface area contributed by atoms with Crippen LogP contribution in [0.2, 0.25) is 0 Å². The summed E-state index contributed by atoms with van der Waals surface area (Å²) in [5.74, 6) is 1.48. The lowest BCUT2D eigenvalue weighted by molar-refractivity contribution is 0.787. The van der Waals surface area contributed by atoms with Gasteiger partial charge in [-0.1, -0.05) is 12.1 Å². The van der Waals surface area contributed by atoms with E-state index >= 15 is 0 Å². The summed E-state index contributed by atoms with van der Waals surface area (Å²) < 4.78 is 0. The molecule has 0 unspecified atom stereocenters. The topological polar surface area (TPSA) is 29.0 Å². The van der Waals surface area contributed by atoms with Crippen LogP contribution in [-0.2, 0) is 12.4 Å². The van der Waals surface area contributed by atoms with Crippen molar-refractivity contribution in [3.63, 3.8) is 0 Å². The maximum Gasteiger partial charge on any atom is 0.129 e. The van der Waals surface area contributed by atoms with Crippen LogP contribution in [0.3, 0.4) is 0 Å². The largest absolute Gasteiger partial charge is 0.351 e. The van der Waals surface area contributed by atoms with Crippen LogP contribution < -0.4 is 4.90 Å². The quantitative estimate of drug-likeness (QED) is 0.783.